The van der Waals surface area contributed by atoms with E-state index in [1.807, 2.05) is 18.2 Å². The van der Waals surface area contributed by atoms with Gasteiger partial charge in [0.1, 0.15) is 36.1 Å². The molecule has 4 atom stereocenters. The van der Waals surface area contributed by atoms with E-state index in [4.69, 9.17) is 4.74 Å². The molecular weight excluding hydrogens is 465 g/mol. The zero-order chi connectivity index (χ0) is 19.0. The van der Waals surface area contributed by atoms with Gasteiger partial charge in [-0.1, -0.05) is 6.07 Å². The average Bonchev–Trinajstić information content (AvgIpc) is 3.18. The first kappa shape index (κ1) is 18.5. The maximum Gasteiger partial charge on any atom is 0.164 e. The SMILES string of the molecule is OC[C@H]1O[C@@H](n2cc(I)c3c(NCc4ccccn4)ncnc32)[C@@H](O)[C@H]1O. The molecule has 10 heteroatoms. The molecule has 0 amide bonds. The maximum atomic E-state index is 10.3. The summed E-state index contributed by atoms with van der Waals surface area (Å²) in [6.45, 7) is 0.124. The molecule has 0 aromatic carbocycles. The van der Waals surface area contributed by atoms with Gasteiger partial charge in [0.25, 0.3) is 0 Å². The van der Waals surface area contributed by atoms with Crippen LogP contribution in [0.25, 0.3) is 11.0 Å². The normalized spacial score (nSPS) is 25.2. The molecule has 27 heavy (non-hydrogen) atoms. The first-order valence-corrected chi connectivity index (χ1v) is 9.45. The van der Waals surface area contributed by atoms with E-state index < -0.39 is 24.5 Å². The van der Waals surface area contributed by atoms with Crippen molar-refractivity contribution in [1.82, 2.24) is 19.5 Å². The largest absolute Gasteiger partial charge is 0.394 e. The van der Waals surface area contributed by atoms with Crippen molar-refractivity contribution in [3.63, 3.8) is 0 Å². The van der Waals surface area contributed by atoms with Crippen LogP contribution in [0.4, 0.5) is 5.82 Å². The van der Waals surface area contributed by atoms with E-state index in [0.717, 1.165) is 14.7 Å². The topological polar surface area (TPSA) is 126 Å². The van der Waals surface area contributed by atoms with Crippen LogP contribution in [-0.2, 0) is 11.3 Å². The number of hydrogen-bond acceptors (Lipinski definition) is 8. The summed E-state index contributed by atoms with van der Waals surface area (Å²) in [5.41, 5.74) is 1.44. The summed E-state index contributed by atoms with van der Waals surface area (Å²) in [5, 5.41) is 33.7. The first-order chi connectivity index (χ1) is 13.1. The van der Waals surface area contributed by atoms with E-state index in [-0.39, 0.29) is 6.61 Å². The number of aromatic nitrogens is 4. The van der Waals surface area contributed by atoms with Crippen LogP contribution in [0.15, 0.2) is 36.9 Å². The summed E-state index contributed by atoms with van der Waals surface area (Å²) in [4.78, 5) is 12.9. The number of rotatable bonds is 5. The van der Waals surface area contributed by atoms with Gasteiger partial charge < -0.3 is 29.9 Å². The molecule has 4 heterocycles. The quantitative estimate of drug-likeness (QED) is 0.390. The third-order valence-corrected chi connectivity index (χ3v) is 5.34. The molecule has 0 aliphatic carbocycles. The Hall–Kier alpha value is -1.86. The molecule has 4 rings (SSSR count). The maximum absolute atomic E-state index is 10.3. The van der Waals surface area contributed by atoms with E-state index in [1.165, 1.54) is 6.33 Å². The third-order valence-electron chi connectivity index (χ3n) is 4.52. The summed E-state index contributed by atoms with van der Waals surface area (Å²) >= 11 is 2.17. The average molecular weight is 483 g/mol. The number of aliphatic hydroxyl groups is 3. The number of anilines is 1. The fourth-order valence-corrected chi connectivity index (χ4v) is 3.95. The second-order valence-electron chi connectivity index (χ2n) is 6.21. The lowest BCUT2D eigenvalue weighted by atomic mass is 10.1. The van der Waals surface area contributed by atoms with Gasteiger partial charge in [0.05, 0.1) is 24.2 Å². The van der Waals surface area contributed by atoms with Crippen molar-refractivity contribution in [3.05, 3.63) is 46.2 Å². The zero-order valence-corrected chi connectivity index (χ0v) is 16.3. The summed E-state index contributed by atoms with van der Waals surface area (Å²) in [6.07, 6.45) is 0.912. The van der Waals surface area contributed by atoms with Crippen molar-refractivity contribution in [2.24, 2.45) is 0 Å². The van der Waals surface area contributed by atoms with Gasteiger partial charge in [-0.2, -0.15) is 0 Å². The highest BCUT2D eigenvalue weighted by atomic mass is 127. The summed E-state index contributed by atoms with van der Waals surface area (Å²) in [5.74, 6) is 0.639. The van der Waals surface area contributed by atoms with Gasteiger partial charge in [0, 0.05) is 16.0 Å². The fraction of sp³-hybridized carbons (Fsp3) is 0.353. The van der Waals surface area contributed by atoms with Gasteiger partial charge in [0.15, 0.2) is 6.23 Å². The number of nitrogens with one attached hydrogen (secondary N) is 1. The lowest BCUT2D eigenvalue weighted by Gasteiger charge is -2.17. The molecule has 3 aromatic rings. The summed E-state index contributed by atoms with van der Waals surface area (Å²) in [6, 6.07) is 5.69. The number of ether oxygens (including phenoxy) is 1. The lowest BCUT2D eigenvalue weighted by Crippen LogP contribution is -2.33. The predicted octanol–water partition coefficient (Wildman–Crippen LogP) is 0.654. The van der Waals surface area contributed by atoms with Crippen LogP contribution in [0.1, 0.15) is 11.9 Å². The van der Waals surface area contributed by atoms with Gasteiger partial charge in [-0.05, 0) is 34.7 Å². The number of hydrogen-bond donors (Lipinski definition) is 4. The molecule has 1 aliphatic heterocycles. The predicted molar refractivity (Wildman–Crippen MR) is 105 cm³/mol. The second-order valence-corrected chi connectivity index (χ2v) is 7.37. The van der Waals surface area contributed by atoms with E-state index in [1.54, 1.807) is 17.0 Å². The van der Waals surface area contributed by atoms with Crippen LogP contribution in [0, 0.1) is 3.57 Å². The highest BCUT2D eigenvalue weighted by molar-refractivity contribution is 14.1. The standard InChI is InChI=1S/C17H18IN5O4/c18-10-6-23(17-14(26)13(25)11(7-24)27-17)16-12(10)15(21-8-22-16)20-5-9-3-1-2-4-19-9/h1-4,6,8,11,13-14,17,24-26H,5,7H2,(H,20,21,22)/t11-,13+,14+,17-/m1/s1. The molecule has 1 saturated heterocycles. The number of nitrogens with zero attached hydrogens (tertiary/aromatic N) is 4. The first-order valence-electron chi connectivity index (χ1n) is 8.37. The smallest absolute Gasteiger partial charge is 0.164 e. The van der Waals surface area contributed by atoms with Crippen LogP contribution < -0.4 is 5.32 Å². The minimum Gasteiger partial charge on any atom is -0.394 e. The van der Waals surface area contributed by atoms with Crippen LogP contribution in [0.2, 0.25) is 0 Å². The Morgan fingerprint density at radius 3 is 2.74 bits per heavy atom. The van der Waals surface area contributed by atoms with Crippen molar-refractivity contribution >= 4 is 39.4 Å². The van der Waals surface area contributed by atoms with Crippen LogP contribution in [0.3, 0.4) is 0 Å². The number of halogens is 1. The molecule has 0 radical (unpaired) electrons. The molecule has 3 aromatic heterocycles. The highest BCUT2D eigenvalue weighted by Crippen LogP contribution is 2.35. The van der Waals surface area contributed by atoms with Crippen molar-refractivity contribution in [2.45, 2.75) is 31.1 Å². The van der Waals surface area contributed by atoms with Gasteiger partial charge in [0.2, 0.25) is 0 Å². The number of pyridine rings is 1. The van der Waals surface area contributed by atoms with Crippen LogP contribution >= 0.6 is 22.6 Å². The molecule has 0 saturated carbocycles. The van der Waals surface area contributed by atoms with E-state index >= 15 is 0 Å². The third kappa shape index (κ3) is 3.38. The Balaban J connectivity index is 1.67. The Morgan fingerprint density at radius 2 is 2.04 bits per heavy atom. The van der Waals surface area contributed by atoms with Crippen molar-refractivity contribution in [2.75, 3.05) is 11.9 Å². The second kappa shape index (κ2) is 7.64. The van der Waals surface area contributed by atoms with Crippen LogP contribution in [0.5, 0.6) is 0 Å². The Bertz CT molecular complexity index is 938. The fourth-order valence-electron chi connectivity index (χ4n) is 3.15. The minimum absolute atomic E-state index is 0.378. The Morgan fingerprint density at radius 1 is 1.19 bits per heavy atom. The molecule has 1 fully saturated rings. The molecule has 0 bridgehead atoms. The van der Waals surface area contributed by atoms with Crippen molar-refractivity contribution < 1.29 is 20.1 Å². The highest BCUT2D eigenvalue weighted by Gasteiger charge is 2.44. The zero-order valence-electron chi connectivity index (χ0n) is 14.1. The van der Waals surface area contributed by atoms with Gasteiger partial charge >= 0.3 is 0 Å². The Labute approximate surface area is 168 Å². The molecule has 9 nitrogen and oxygen atoms in total. The van der Waals surface area contributed by atoms with E-state index in [9.17, 15) is 15.3 Å². The minimum atomic E-state index is -1.17. The Kier molecular flexibility index (Phi) is 5.23. The summed E-state index contributed by atoms with van der Waals surface area (Å²) in [7, 11) is 0. The molecule has 1 aliphatic rings. The molecule has 142 valence electrons. The van der Waals surface area contributed by atoms with Crippen LogP contribution in [-0.4, -0.2) is 59.8 Å². The molecule has 4 N–H and O–H groups in total. The van der Waals surface area contributed by atoms with E-state index in [2.05, 4.69) is 42.9 Å². The van der Waals surface area contributed by atoms with Crippen molar-refractivity contribution in [1.29, 1.82) is 0 Å². The number of aliphatic hydroxyl groups excluding tert-OH is 3. The molecule has 0 spiro atoms. The van der Waals surface area contributed by atoms with Gasteiger partial charge in [-0.25, -0.2) is 9.97 Å². The number of fused-ring (bicyclic) bond motifs is 1. The monoisotopic (exact) mass is 483 g/mol. The van der Waals surface area contributed by atoms with Crippen molar-refractivity contribution in [3.8, 4) is 0 Å². The van der Waals surface area contributed by atoms with Gasteiger partial charge in [-0.15, -0.1) is 0 Å². The molecule has 0 unspecified atom stereocenters. The lowest BCUT2D eigenvalue weighted by molar-refractivity contribution is -0.0509. The summed E-state index contributed by atoms with van der Waals surface area (Å²) < 4.78 is 8.16. The van der Waals surface area contributed by atoms with E-state index in [0.29, 0.717) is 18.0 Å². The molecular formula is C17H18IN5O4. The van der Waals surface area contributed by atoms with Gasteiger partial charge in [-0.3, -0.25) is 4.98 Å².